The van der Waals surface area contributed by atoms with Crippen LogP contribution >= 0.6 is 0 Å². The number of nitrogens with zero attached hydrogens (tertiary/aromatic N) is 4. The molecule has 2 spiro atoms. The molecule has 0 radical (unpaired) electrons. The molecule has 248 valence electrons. The Balaban J connectivity index is 1.07. The fourth-order valence-electron chi connectivity index (χ4n) is 14.1. The van der Waals surface area contributed by atoms with Crippen LogP contribution in [0.5, 0.6) is 0 Å². The molecule has 49 heavy (non-hydrogen) atoms. The Labute approximate surface area is 287 Å². The molecule has 4 bridgehead atoms. The Morgan fingerprint density at radius 2 is 1.69 bits per heavy atom. The van der Waals surface area contributed by atoms with Crippen molar-refractivity contribution in [2.45, 2.75) is 80.1 Å². The number of allylic oxidation sites excluding steroid dienone is 1. The normalized spacial score (nSPS) is 43.5. The molecule has 6 fully saturated rings. The van der Waals surface area contributed by atoms with Crippen LogP contribution in [-0.4, -0.2) is 83.2 Å². The average Bonchev–Trinajstić information content (AvgIpc) is 3.86. The second kappa shape index (κ2) is 9.11. The lowest BCUT2D eigenvalue weighted by Gasteiger charge is -2.57. The van der Waals surface area contributed by atoms with Gasteiger partial charge in [-0.1, -0.05) is 71.8 Å². The number of hydrogen-bond acceptors (Lipinski definition) is 5. The van der Waals surface area contributed by atoms with Crippen LogP contribution in [0, 0.1) is 17.8 Å². The molecule has 1 N–H and O–H groups in total. The number of fused-ring (bicyclic) bond motifs is 8. The summed E-state index contributed by atoms with van der Waals surface area (Å²) in [6, 6.07) is 18.3. The van der Waals surface area contributed by atoms with Gasteiger partial charge in [0.2, 0.25) is 5.91 Å². The Kier molecular flexibility index (Phi) is 5.20. The summed E-state index contributed by atoms with van der Waals surface area (Å²) in [4.78, 5) is 39.1. The second-order valence-corrected chi connectivity index (χ2v) is 16.6. The molecular weight excluding hydrogens is 608 g/mol. The van der Waals surface area contributed by atoms with E-state index in [2.05, 4.69) is 99.4 Å². The molecule has 4 saturated heterocycles. The maximum Gasteiger partial charge on any atom is 0.255 e. The van der Waals surface area contributed by atoms with Gasteiger partial charge in [0.25, 0.3) is 5.91 Å². The Hall–Kier alpha value is -3.78. The van der Waals surface area contributed by atoms with Gasteiger partial charge < -0.3 is 14.9 Å². The molecule has 0 unspecified atom stereocenters. The molecule has 12 rings (SSSR count). The molecule has 10 atom stereocenters. The zero-order valence-corrected chi connectivity index (χ0v) is 28.0. The van der Waals surface area contributed by atoms with Gasteiger partial charge in [-0.3, -0.25) is 19.4 Å². The van der Waals surface area contributed by atoms with Crippen LogP contribution in [-0.2, 0) is 20.4 Å². The Morgan fingerprint density at radius 3 is 2.49 bits per heavy atom. The number of carbonyl (C=O) groups excluding carboxylic acids is 2. The number of rotatable bonds is 2. The minimum atomic E-state index is -0.239. The first kappa shape index (κ1) is 28.0. The van der Waals surface area contributed by atoms with Gasteiger partial charge in [0.15, 0.2) is 0 Å². The average molecular weight is 651 g/mol. The van der Waals surface area contributed by atoms with Gasteiger partial charge in [0.1, 0.15) is 0 Å². The summed E-state index contributed by atoms with van der Waals surface area (Å²) in [5.74, 6) is 1.27. The van der Waals surface area contributed by atoms with Crippen LogP contribution in [0.25, 0.3) is 0 Å². The highest BCUT2D eigenvalue weighted by Gasteiger charge is 2.72. The van der Waals surface area contributed by atoms with E-state index in [1.807, 2.05) is 0 Å². The van der Waals surface area contributed by atoms with Gasteiger partial charge in [-0.2, -0.15) is 0 Å². The first-order chi connectivity index (χ1) is 24.0. The van der Waals surface area contributed by atoms with Gasteiger partial charge in [0, 0.05) is 77.2 Å². The van der Waals surface area contributed by atoms with Crippen molar-refractivity contribution in [1.29, 1.82) is 0 Å². The third-order valence-electron chi connectivity index (χ3n) is 15.5. The lowest BCUT2D eigenvalue weighted by Crippen LogP contribution is -2.66. The summed E-state index contributed by atoms with van der Waals surface area (Å²) in [6.07, 6.45) is 13.7. The number of aliphatic hydroxyl groups is 1. The third kappa shape index (κ3) is 2.96. The molecule has 8 aliphatic heterocycles. The van der Waals surface area contributed by atoms with Gasteiger partial charge in [-0.05, 0) is 73.9 Å². The van der Waals surface area contributed by atoms with E-state index >= 15 is 4.79 Å². The van der Waals surface area contributed by atoms with Gasteiger partial charge >= 0.3 is 0 Å². The van der Waals surface area contributed by atoms with Crippen molar-refractivity contribution in [2.24, 2.45) is 17.8 Å². The van der Waals surface area contributed by atoms with E-state index in [1.54, 1.807) is 0 Å². The number of piperidine rings is 2. The lowest BCUT2D eigenvalue weighted by atomic mass is 9.54. The van der Waals surface area contributed by atoms with E-state index < -0.39 is 0 Å². The standard InChI is InChI=1S/C42H42N4O3/c1-2-23-22-44-34(20-42-31-8-4-5-9-32(31)45-37(48)12-11-25(38(42)45)26(23)19-36(42)44)29-17-28-27-18-35-41(14-15-43(35)21-24(27)13-16-47)30-7-3-6-10-33(30)46(39(28)41)40(29)49/h2-11,13,17,26-28,34-36,38-39,47H,12,14-16,18-22H2,1H3/b23-2-,24-13-/t26-,27-,28-,34+,35-,36-,38-,39-,41+,42+/m0/s1. The quantitative estimate of drug-likeness (QED) is 0.481. The van der Waals surface area contributed by atoms with Crippen molar-refractivity contribution >= 4 is 23.2 Å². The summed E-state index contributed by atoms with van der Waals surface area (Å²) < 4.78 is 0. The molecule has 10 aliphatic rings. The van der Waals surface area contributed by atoms with Gasteiger partial charge in [0.05, 0.1) is 18.7 Å². The van der Waals surface area contributed by atoms with Crippen molar-refractivity contribution in [3.63, 3.8) is 0 Å². The molecule has 2 aliphatic carbocycles. The van der Waals surface area contributed by atoms with Crippen LogP contribution in [0.1, 0.15) is 50.2 Å². The highest BCUT2D eigenvalue weighted by atomic mass is 16.2. The maximum atomic E-state index is 15.5. The van der Waals surface area contributed by atoms with Crippen LogP contribution < -0.4 is 9.80 Å². The van der Waals surface area contributed by atoms with Crippen molar-refractivity contribution in [2.75, 3.05) is 36.0 Å². The molecule has 2 amide bonds. The monoisotopic (exact) mass is 650 g/mol. The van der Waals surface area contributed by atoms with Crippen molar-refractivity contribution < 1.29 is 14.7 Å². The van der Waals surface area contributed by atoms with Gasteiger partial charge in [-0.25, -0.2) is 0 Å². The topological polar surface area (TPSA) is 67.3 Å². The van der Waals surface area contributed by atoms with Crippen molar-refractivity contribution in [3.05, 3.63) is 106 Å². The maximum absolute atomic E-state index is 15.5. The van der Waals surface area contributed by atoms with Crippen molar-refractivity contribution in [1.82, 2.24) is 9.80 Å². The number of anilines is 2. The predicted molar refractivity (Wildman–Crippen MR) is 187 cm³/mol. The highest BCUT2D eigenvalue weighted by molar-refractivity contribution is 6.10. The molecule has 2 aromatic carbocycles. The zero-order chi connectivity index (χ0) is 32.6. The number of carbonyl (C=O) groups is 2. The number of para-hydroxylation sites is 2. The van der Waals surface area contributed by atoms with Crippen molar-refractivity contribution in [3.8, 4) is 0 Å². The number of amides is 2. The van der Waals surface area contributed by atoms with Crippen LogP contribution in [0.15, 0.2) is 95.1 Å². The lowest BCUT2D eigenvalue weighted by molar-refractivity contribution is -0.119. The van der Waals surface area contributed by atoms with Crippen LogP contribution in [0.4, 0.5) is 11.4 Å². The minimum absolute atomic E-state index is 0.0119. The van der Waals surface area contributed by atoms with Gasteiger partial charge in [-0.15, -0.1) is 0 Å². The summed E-state index contributed by atoms with van der Waals surface area (Å²) in [7, 11) is 0. The highest BCUT2D eigenvalue weighted by Crippen LogP contribution is 2.68. The SMILES string of the molecule is C/C=C1/CN2[C@@H](C3=C[C@@H]4[C@@H]5N(C3=O)c3ccccc3[C@@]53CCN5C/C(=C/CO)[C@@H]4C[C@H]53)C[C@@]34c5ccccc5N5C(=O)CC=C([C@H]1C[C@H]23)[C@H]54. The fourth-order valence-corrected chi connectivity index (χ4v) is 14.1. The summed E-state index contributed by atoms with van der Waals surface area (Å²) in [5.41, 5.74) is 9.80. The smallest absolute Gasteiger partial charge is 0.255 e. The first-order valence-corrected chi connectivity index (χ1v) is 18.7. The van der Waals surface area contributed by atoms with E-state index in [4.69, 9.17) is 0 Å². The summed E-state index contributed by atoms with van der Waals surface area (Å²) in [6.45, 7) is 5.07. The fraction of sp³-hybridized carbons (Fsp3) is 0.476. The number of benzene rings is 2. The van der Waals surface area contributed by atoms with E-state index in [9.17, 15) is 9.90 Å². The zero-order valence-electron chi connectivity index (χ0n) is 28.0. The molecule has 0 aromatic heterocycles. The third-order valence-corrected chi connectivity index (χ3v) is 15.5. The minimum Gasteiger partial charge on any atom is -0.392 e. The van der Waals surface area contributed by atoms with Crippen LogP contribution in [0.2, 0.25) is 0 Å². The molecule has 7 heteroatoms. The summed E-state index contributed by atoms with van der Waals surface area (Å²) in [5, 5.41) is 10.2. The summed E-state index contributed by atoms with van der Waals surface area (Å²) >= 11 is 0. The predicted octanol–water partition coefficient (Wildman–Crippen LogP) is 4.63. The van der Waals surface area contributed by atoms with Crippen LogP contribution in [0.3, 0.4) is 0 Å². The Morgan fingerprint density at radius 1 is 0.918 bits per heavy atom. The van der Waals surface area contributed by atoms with E-state index in [0.29, 0.717) is 24.3 Å². The van der Waals surface area contributed by atoms with E-state index in [0.717, 1.165) is 62.3 Å². The van der Waals surface area contributed by atoms with E-state index in [1.165, 1.54) is 27.8 Å². The molecule has 7 nitrogen and oxygen atoms in total. The second-order valence-electron chi connectivity index (χ2n) is 16.6. The number of hydrogen-bond donors (Lipinski definition) is 1. The molecular formula is C42H42N4O3. The number of aliphatic hydroxyl groups excluding tert-OH is 1. The molecule has 2 saturated carbocycles. The first-order valence-electron chi connectivity index (χ1n) is 18.7. The largest absolute Gasteiger partial charge is 0.392 e. The Bertz CT molecular complexity index is 2050. The van der Waals surface area contributed by atoms with E-state index in [-0.39, 0.29) is 59.3 Å². The molecule has 8 heterocycles. The molecule has 2 aromatic rings.